The average molecular weight is 247 g/mol. The average Bonchev–Trinajstić information content (AvgIpc) is 2.79. The summed E-state index contributed by atoms with van der Waals surface area (Å²) in [5.41, 5.74) is 0. The number of rotatable bonds is 3. The van der Waals surface area contributed by atoms with Gasteiger partial charge in [0, 0.05) is 19.1 Å². The van der Waals surface area contributed by atoms with Crippen molar-refractivity contribution >= 4 is 5.91 Å². The van der Waals surface area contributed by atoms with Gasteiger partial charge < -0.3 is 9.73 Å². The number of likely N-dealkylation sites (tertiary alicyclic amines) is 1. The Hall–Kier alpha value is -1.80. The molecule has 0 unspecified atom stereocenters. The lowest BCUT2D eigenvalue weighted by Crippen LogP contribution is -2.44. The summed E-state index contributed by atoms with van der Waals surface area (Å²) in [6.45, 7) is 4.00. The minimum Gasteiger partial charge on any atom is -0.456 e. The zero-order valence-electron chi connectivity index (χ0n) is 10.5. The van der Waals surface area contributed by atoms with Crippen LogP contribution in [-0.2, 0) is 0 Å². The van der Waals surface area contributed by atoms with E-state index < -0.39 is 0 Å². The van der Waals surface area contributed by atoms with Crippen LogP contribution >= 0.6 is 0 Å². The molecule has 1 aromatic heterocycles. The third-order valence-corrected chi connectivity index (χ3v) is 3.18. The third-order valence-electron chi connectivity index (χ3n) is 3.18. The number of hydrogen-bond donors (Lipinski definition) is 1. The largest absolute Gasteiger partial charge is 0.456 e. The van der Waals surface area contributed by atoms with E-state index in [2.05, 4.69) is 16.3 Å². The molecule has 1 amide bonds. The Morgan fingerprint density at radius 2 is 2.28 bits per heavy atom. The molecule has 1 saturated heterocycles. The van der Waals surface area contributed by atoms with E-state index in [0.29, 0.717) is 12.3 Å². The van der Waals surface area contributed by atoms with Crippen LogP contribution in [0.25, 0.3) is 0 Å². The standard InChI is InChI=1S/C13H17N3O2/c1-10-2-3-12(18-10)13(17)15-11-4-7-16(8-5-11)9-6-14/h2-3,11H,4-5,7-9H2,1H3,(H,15,17). The number of nitriles is 1. The van der Waals surface area contributed by atoms with E-state index in [1.807, 2.05) is 6.92 Å². The normalized spacial score (nSPS) is 17.3. The number of furan rings is 1. The summed E-state index contributed by atoms with van der Waals surface area (Å²) in [5, 5.41) is 11.6. The van der Waals surface area contributed by atoms with Crippen LogP contribution in [0.4, 0.5) is 0 Å². The Balaban J connectivity index is 1.81. The van der Waals surface area contributed by atoms with E-state index in [1.54, 1.807) is 12.1 Å². The van der Waals surface area contributed by atoms with Crippen LogP contribution in [0.15, 0.2) is 16.5 Å². The molecule has 0 saturated carbocycles. The second-order valence-corrected chi connectivity index (χ2v) is 4.59. The maximum absolute atomic E-state index is 11.9. The van der Waals surface area contributed by atoms with E-state index in [0.717, 1.165) is 31.7 Å². The van der Waals surface area contributed by atoms with E-state index in [9.17, 15) is 4.79 Å². The monoisotopic (exact) mass is 247 g/mol. The number of carbonyl (C=O) groups excluding carboxylic acids is 1. The van der Waals surface area contributed by atoms with Crippen molar-refractivity contribution in [3.05, 3.63) is 23.7 Å². The van der Waals surface area contributed by atoms with Crippen molar-refractivity contribution in [1.82, 2.24) is 10.2 Å². The van der Waals surface area contributed by atoms with Gasteiger partial charge in [0.15, 0.2) is 5.76 Å². The third kappa shape index (κ3) is 3.11. The fraction of sp³-hybridized carbons (Fsp3) is 0.538. The Morgan fingerprint density at radius 1 is 1.56 bits per heavy atom. The molecule has 96 valence electrons. The Labute approximate surface area is 106 Å². The number of carbonyl (C=O) groups is 1. The molecule has 1 aliphatic heterocycles. The first-order chi connectivity index (χ1) is 8.69. The number of amides is 1. The van der Waals surface area contributed by atoms with Crippen molar-refractivity contribution < 1.29 is 9.21 Å². The van der Waals surface area contributed by atoms with Gasteiger partial charge in [-0.15, -0.1) is 0 Å². The first-order valence-corrected chi connectivity index (χ1v) is 6.15. The zero-order valence-corrected chi connectivity index (χ0v) is 10.5. The molecule has 0 bridgehead atoms. The van der Waals surface area contributed by atoms with Crippen molar-refractivity contribution in [2.45, 2.75) is 25.8 Å². The first kappa shape index (κ1) is 12.7. The summed E-state index contributed by atoms with van der Waals surface area (Å²) >= 11 is 0. The van der Waals surface area contributed by atoms with Crippen LogP contribution in [-0.4, -0.2) is 36.5 Å². The number of piperidine rings is 1. The minimum absolute atomic E-state index is 0.151. The van der Waals surface area contributed by atoms with Crippen molar-refractivity contribution in [3.8, 4) is 6.07 Å². The lowest BCUT2D eigenvalue weighted by Gasteiger charge is -2.30. The molecule has 0 radical (unpaired) electrons. The fourth-order valence-corrected chi connectivity index (χ4v) is 2.15. The van der Waals surface area contributed by atoms with Crippen LogP contribution < -0.4 is 5.32 Å². The molecule has 0 aliphatic carbocycles. The molecule has 5 heteroatoms. The van der Waals surface area contributed by atoms with Gasteiger partial charge in [-0.2, -0.15) is 5.26 Å². The van der Waals surface area contributed by atoms with Crippen LogP contribution in [0, 0.1) is 18.3 Å². The molecule has 2 rings (SSSR count). The predicted octanol–water partition coefficient (Wildman–Crippen LogP) is 1.31. The highest BCUT2D eigenvalue weighted by atomic mass is 16.3. The highest BCUT2D eigenvalue weighted by Gasteiger charge is 2.21. The van der Waals surface area contributed by atoms with Gasteiger partial charge in [-0.3, -0.25) is 9.69 Å². The predicted molar refractivity (Wildman–Crippen MR) is 66.0 cm³/mol. The van der Waals surface area contributed by atoms with Crippen LogP contribution in [0.1, 0.15) is 29.2 Å². The first-order valence-electron chi connectivity index (χ1n) is 6.15. The molecule has 0 spiro atoms. The molecule has 1 N–H and O–H groups in total. The summed E-state index contributed by atoms with van der Waals surface area (Å²) in [5.74, 6) is 0.956. The molecule has 1 fully saturated rings. The maximum atomic E-state index is 11.9. The highest BCUT2D eigenvalue weighted by molar-refractivity contribution is 5.91. The van der Waals surface area contributed by atoms with Gasteiger partial charge in [0.05, 0.1) is 12.6 Å². The number of hydrogen-bond acceptors (Lipinski definition) is 4. The van der Waals surface area contributed by atoms with Crippen molar-refractivity contribution in [1.29, 1.82) is 5.26 Å². The van der Waals surface area contributed by atoms with E-state index >= 15 is 0 Å². The fourth-order valence-electron chi connectivity index (χ4n) is 2.15. The summed E-state index contributed by atoms with van der Waals surface area (Å²) in [6.07, 6.45) is 1.76. The van der Waals surface area contributed by atoms with Gasteiger partial charge in [0.25, 0.3) is 5.91 Å². The topological polar surface area (TPSA) is 69.3 Å². The highest BCUT2D eigenvalue weighted by Crippen LogP contribution is 2.12. The molecule has 5 nitrogen and oxygen atoms in total. The molecule has 18 heavy (non-hydrogen) atoms. The van der Waals surface area contributed by atoms with Crippen molar-refractivity contribution in [2.75, 3.05) is 19.6 Å². The molecule has 2 heterocycles. The molecule has 1 aromatic rings. The second-order valence-electron chi connectivity index (χ2n) is 4.59. The lowest BCUT2D eigenvalue weighted by atomic mass is 10.1. The van der Waals surface area contributed by atoms with Crippen LogP contribution in [0.3, 0.4) is 0 Å². The summed E-state index contributed by atoms with van der Waals surface area (Å²) in [7, 11) is 0. The summed E-state index contributed by atoms with van der Waals surface area (Å²) in [4.78, 5) is 14.0. The van der Waals surface area contributed by atoms with Crippen molar-refractivity contribution in [3.63, 3.8) is 0 Å². The Kier molecular flexibility index (Phi) is 4.00. The Morgan fingerprint density at radius 3 is 2.83 bits per heavy atom. The van der Waals surface area contributed by atoms with Crippen LogP contribution in [0.5, 0.6) is 0 Å². The summed E-state index contributed by atoms with van der Waals surface area (Å²) < 4.78 is 5.28. The van der Waals surface area contributed by atoms with Gasteiger partial charge in [-0.1, -0.05) is 0 Å². The van der Waals surface area contributed by atoms with Crippen LogP contribution in [0.2, 0.25) is 0 Å². The minimum atomic E-state index is -0.151. The van der Waals surface area contributed by atoms with E-state index in [-0.39, 0.29) is 11.9 Å². The van der Waals surface area contributed by atoms with E-state index in [1.165, 1.54) is 0 Å². The smallest absolute Gasteiger partial charge is 0.287 e. The van der Waals surface area contributed by atoms with Crippen molar-refractivity contribution in [2.24, 2.45) is 0 Å². The second kappa shape index (κ2) is 5.69. The summed E-state index contributed by atoms with van der Waals surface area (Å²) in [6, 6.07) is 5.80. The van der Waals surface area contributed by atoms with Gasteiger partial charge in [-0.05, 0) is 31.9 Å². The quantitative estimate of drug-likeness (QED) is 0.817. The lowest BCUT2D eigenvalue weighted by molar-refractivity contribution is 0.0885. The zero-order chi connectivity index (χ0) is 13.0. The maximum Gasteiger partial charge on any atom is 0.287 e. The van der Waals surface area contributed by atoms with Gasteiger partial charge in [0.2, 0.25) is 0 Å². The number of aryl methyl sites for hydroxylation is 1. The van der Waals surface area contributed by atoms with Gasteiger partial charge in [0.1, 0.15) is 5.76 Å². The van der Waals surface area contributed by atoms with Gasteiger partial charge in [-0.25, -0.2) is 0 Å². The number of nitrogens with zero attached hydrogens (tertiary/aromatic N) is 2. The molecule has 0 atom stereocenters. The SMILES string of the molecule is Cc1ccc(C(=O)NC2CCN(CC#N)CC2)o1. The molecular weight excluding hydrogens is 230 g/mol. The molecular formula is C13H17N3O2. The molecule has 0 aromatic carbocycles. The molecule has 1 aliphatic rings. The number of nitrogens with one attached hydrogen (secondary N) is 1. The Bertz CT molecular complexity index is 453. The van der Waals surface area contributed by atoms with E-state index in [4.69, 9.17) is 9.68 Å². The van der Waals surface area contributed by atoms with Gasteiger partial charge >= 0.3 is 0 Å².